The topological polar surface area (TPSA) is 114 Å². The molecule has 0 radical (unpaired) electrons. The predicted molar refractivity (Wildman–Crippen MR) is 106 cm³/mol. The molecular formula is C21H21N5O4. The molecule has 5 heterocycles. The van der Waals surface area contributed by atoms with Gasteiger partial charge in [0.2, 0.25) is 11.8 Å². The molecule has 0 unspecified atom stereocenters. The van der Waals surface area contributed by atoms with Crippen LogP contribution in [0.25, 0.3) is 11.3 Å². The van der Waals surface area contributed by atoms with Crippen molar-refractivity contribution in [1.82, 2.24) is 20.6 Å². The van der Waals surface area contributed by atoms with Crippen molar-refractivity contribution < 1.29 is 19.1 Å². The first kappa shape index (κ1) is 18.7. The molecule has 3 aliphatic heterocycles. The van der Waals surface area contributed by atoms with Crippen LogP contribution in [0, 0.1) is 5.41 Å². The number of urea groups is 1. The molecule has 2 N–H and O–H groups in total. The summed E-state index contributed by atoms with van der Waals surface area (Å²) in [7, 11) is 0. The van der Waals surface area contributed by atoms with Gasteiger partial charge in [-0.05, 0) is 37.6 Å². The van der Waals surface area contributed by atoms with E-state index in [4.69, 9.17) is 9.72 Å². The third-order valence-electron chi connectivity index (χ3n) is 6.10. The van der Waals surface area contributed by atoms with E-state index in [0.717, 1.165) is 22.6 Å². The zero-order valence-electron chi connectivity index (χ0n) is 16.6. The van der Waals surface area contributed by atoms with E-state index in [2.05, 4.69) is 15.6 Å². The van der Waals surface area contributed by atoms with Gasteiger partial charge in [-0.25, -0.2) is 9.78 Å². The van der Waals surface area contributed by atoms with Crippen LogP contribution in [-0.4, -0.2) is 52.6 Å². The summed E-state index contributed by atoms with van der Waals surface area (Å²) in [5.74, 6) is -0.486. The average Bonchev–Trinajstić information content (AvgIpc) is 2.71. The number of ether oxygens (including phenoxy) is 1. The second kappa shape index (κ2) is 6.60. The number of nitrogens with zero attached hydrogens (tertiary/aromatic N) is 3. The molecule has 9 heteroatoms. The zero-order chi connectivity index (χ0) is 21.0. The maximum Gasteiger partial charge on any atom is 0.328 e. The van der Waals surface area contributed by atoms with Gasteiger partial charge in [-0.1, -0.05) is 6.07 Å². The highest BCUT2D eigenvalue weighted by Crippen LogP contribution is 2.46. The lowest BCUT2D eigenvalue weighted by Crippen LogP contribution is -2.75. The fourth-order valence-corrected chi connectivity index (χ4v) is 4.98. The minimum Gasteiger partial charge on any atom is -0.372 e. The van der Waals surface area contributed by atoms with Gasteiger partial charge in [-0.3, -0.25) is 25.2 Å². The number of imide groups is 2. The Morgan fingerprint density at radius 1 is 1.13 bits per heavy atom. The highest BCUT2D eigenvalue weighted by Gasteiger charge is 2.63. The highest BCUT2D eigenvalue weighted by molar-refractivity contribution is 6.20. The van der Waals surface area contributed by atoms with E-state index in [9.17, 15) is 14.4 Å². The average molecular weight is 407 g/mol. The maximum absolute atomic E-state index is 13.1. The van der Waals surface area contributed by atoms with Crippen molar-refractivity contribution in [2.45, 2.75) is 38.5 Å². The number of pyridine rings is 2. The van der Waals surface area contributed by atoms with Gasteiger partial charge in [0.1, 0.15) is 5.82 Å². The number of hydrogen-bond donors (Lipinski definition) is 2. The van der Waals surface area contributed by atoms with Crippen molar-refractivity contribution in [2.75, 3.05) is 11.4 Å². The number of aromatic nitrogens is 2. The van der Waals surface area contributed by atoms with Crippen LogP contribution in [-0.2, 0) is 20.7 Å². The molecule has 3 atom stereocenters. The van der Waals surface area contributed by atoms with Crippen LogP contribution in [0.2, 0.25) is 0 Å². The molecule has 2 fully saturated rings. The third kappa shape index (κ3) is 2.62. The fourth-order valence-electron chi connectivity index (χ4n) is 4.98. The van der Waals surface area contributed by atoms with Crippen molar-refractivity contribution in [3.8, 4) is 11.3 Å². The molecule has 2 saturated heterocycles. The number of hydrogen-bond acceptors (Lipinski definition) is 7. The number of carbonyl (C=O) groups excluding carboxylic acids is 3. The lowest BCUT2D eigenvalue weighted by molar-refractivity contribution is -0.153. The smallest absolute Gasteiger partial charge is 0.328 e. The van der Waals surface area contributed by atoms with Crippen molar-refractivity contribution in [3.05, 3.63) is 42.2 Å². The van der Waals surface area contributed by atoms with Crippen LogP contribution in [0.5, 0.6) is 0 Å². The van der Waals surface area contributed by atoms with E-state index in [1.807, 2.05) is 43.0 Å². The van der Waals surface area contributed by atoms with E-state index in [1.165, 1.54) is 0 Å². The number of carbonyl (C=O) groups is 3. The molecular weight excluding hydrogens is 386 g/mol. The summed E-state index contributed by atoms with van der Waals surface area (Å²) in [5, 5.41) is 4.57. The second-order valence-electron chi connectivity index (χ2n) is 8.06. The summed E-state index contributed by atoms with van der Waals surface area (Å²) in [4.78, 5) is 49.1. The van der Waals surface area contributed by atoms with Gasteiger partial charge in [-0.15, -0.1) is 0 Å². The first-order valence-electron chi connectivity index (χ1n) is 9.89. The van der Waals surface area contributed by atoms with Gasteiger partial charge < -0.3 is 9.64 Å². The maximum atomic E-state index is 13.1. The molecule has 0 aliphatic carbocycles. The van der Waals surface area contributed by atoms with Crippen LogP contribution < -0.4 is 15.5 Å². The number of anilines is 1. The normalized spacial score (nSPS) is 27.2. The molecule has 0 aromatic carbocycles. The van der Waals surface area contributed by atoms with E-state index in [0.29, 0.717) is 6.54 Å². The van der Waals surface area contributed by atoms with Crippen LogP contribution in [0.1, 0.15) is 19.4 Å². The molecule has 154 valence electrons. The number of nitrogens with one attached hydrogen (secondary N) is 2. The first-order valence-corrected chi connectivity index (χ1v) is 9.89. The van der Waals surface area contributed by atoms with Crippen LogP contribution >= 0.6 is 0 Å². The molecule has 2 aromatic rings. The standard InChI is InChI=1S/C21H21N5O4/c1-11-10-26-16(12(2)30-11)21(18(27)24-20(29)25-19(21)28)8-13-7-14(9-23-17(13)26)15-5-3-4-6-22-15/h3-7,9,11-12,16H,8,10H2,1-2H3,(H2,24,25,27,28,29)/t11-,12+,16-/m1/s1. The highest BCUT2D eigenvalue weighted by atomic mass is 16.5. The molecule has 0 bridgehead atoms. The molecule has 30 heavy (non-hydrogen) atoms. The largest absolute Gasteiger partial charge is 0.372 e. The molecule has 5 rings (SSSR count). The van der Waals surface area contributed by atoms with Crippen LogP contribution in [0.4, 0.5) is 10.6 Å². The lowest BCUT2D eigenvalue weighted by Gasteiger charge is -2.54. The summed E-state index contributed by atoms with van der Waals surface area (Å²) in [6, 6.07) is 6.14. The van der Waals surface area contributed by atoms with Gasteiger partial charge in [-0.2, -0.15) is 0 Å². The number of fused-ring (bicyclic) bond motifs is 4. The quantitative estimate of drug-likeness (QED) is 0.679. The fraction of sp³-hybridized carbons (Fsp3) is 0.381. The number of rotatable bonds is 1. The Morgan fingerprint density at radius 2 is 1.90 bits per heavy atom. The summed E-state index contributed by atoms with van der Waals surface area (Å²) >= 11 is 0. The van der Waals surface area contributed by atoms with Gasteiger partial charge >= 0.3 is 6.03 Å². The molecule has 0 saturated carbocycles. The van der Waals surface area contributed by atoms with E-state index in [1.54, 1.807) is 12.4 Å². The number of amides is 4. The van der Waals surface area contributed by atoms with Gasteiger partial charge in [0.05, 0.1) is 23.9 Å². The first-order chi connectivity index (χ1) is 14.4. The van der Waals surface area contributed by atoms with E-state index >= 15 is 0 Å². The van der Waals surface area contributed by atoms with Crippen molar-refractivity contribution >= 4 is 23.7 Å². The Morgan fingerprint density at radius 3 is 2.60 bits per heavy atom. The zero-order valence-corrected chi connectivity index (χ0v) is 16.6. The molecule has 1 spiro atoms. The Hall–Kier alpha value is -3.33. The summed E-state index contributed by atoms with van der Waals surface area (Å²) in [6.45, 7) is 4.27. The van der Waals surface area contributed by atoms with Crippen LogP contribution in [0.15, 0.2) is 36.7 Å². The summed E-state index contributed by atoms with van der Waals surface area (Å²) < 4.78 is 5.99. The van der Waals surface area contributed by atoms with E-state index < -0.39 is 35.4 Å². The Balaban J connectivity index is 1.68. The van der Waals surface area contributed by atoms with Gasteiger partial charge in [0.15, 0.2) is 5.41 Å². The number of barbiturate groups is 1. The minimum absolute atomic E-state index is 0.104. The Bertz CT molecular complexity index is 1040. The molecule has 3 aliphatic rings. The summed E-state index contributed by atoms with van der Waals surface area (Å²) in [6.07, 6.45) is 3.05. The Kier molecular flexibility index (Phi) is 4.11. The number of morpholine rings is 1. The predicted octanol–water partition coefficient (Wildman–Crippen LogP) is 1.03. The lowest BCUT2D eigenvalue weighted by atomic mass is 9.67. The van der Waals surface area contributed by atoms with Gasteiger partial charge in [0.25, 0.3) is 0 Å². The molecule has 4 amide bonds. The minimum atomic E-state index is -1.50. The van der Waals surface area contributed by atoms with Crippen molar-refractivity contribution in [2.24, 2.45) is 5.41 Å². The molecule has 2 aromatic heterocycles. The van der Waals surface area contributed by atoms with Gasteiger partial charge in [0, 0.05) is 30.9 Å². The second-order valence-corrected chi connectivity index (χ2v) is 8.06. The Labute approximate surface area is 172 Å². The van der Waals surface area contributed by atoms with Crippen molar-refractivity contribution in [3.63, 3.8) is 0 Å². The SMILES string of the molecule is C[C@@H]1CN2c3ncc(-c4ccccn4)cc3CC3(C(=O)NC(=O)NC3=O)[C@H]2[C@H](C)O1. The third-order valence-corrected chi connectivity index (χ3v) is 6.10. The summed E-state index contributed by atoms with van der Waals surface area (Å²) in [5.41, 5.74) is 0.811. The van der Waals surface area contributed by atoms with E-state index in [-0.39, 0.29) is 12.5 Å². The molecule has 9 nitrogen and oxygen atoms in total. The van der Waals surface area contributed by atoms with Crippen molar-refractivity contribution in [1.29, 1.82) is 0 Å². The monoisotopic (exact) mass is 407 g/mol. The van der Waals surface area contributed by atoms with Crippen LogP contribution in [0.3, 0.4) is 0 Å².